The predicted molar refractivity (Wildman–Crippen MR) is 103 cm³/mol. The number of hydrogen-bond donors (Lipinski definition) is 2. The molecule has 0 aliphatic carbocycles. The van der Waals surface area contributed by atoms with Gasteiger partial charge in [0.1, 0.15) is 11.5 Å². The summed E-state index contributed by atoms with van der Waals surface area (Å²) in [6.45, 7) is 6.24. The summed E-state index contributed by atoms with van der Waals surface area (Å²) in [5.41, 5.74) is 0.551. The Labute approximate surface area is 157 Å². The van der Waals surface area contributed by atoms with Crippen LogP contribution in [0.2, 0.25) is 0 Å². The van der Waals surface area contributed by atoms with Crippen LogP contribution < -0.4 is 20.1 Å². The van der Waals surface area contributed by atoms with E-state index < -0.39 is 0 Å². The minimum atomic E-state index is -0.363. The van der Waals surface area contributed by atoms with Crippen molar-refractivity contribution in [2.45, 2.75) is 33.2 Å². The van der Waals surface area contributed by atoms with Crippen LogP contribution in [0.25, 0.3) is 0 Å². The van der Waals surface area contributed by atoms with Crippen molar-refractivity contribution in [3.63, 3.8) is 0 Å². The first-order valence-corrected chi connectivity index (χ1v) is 9.41. The first kappa shape index (κ1) is 19.8. The van der Waals surface area contributed by atoms with Crippen LogP contribution in [0.3, 0.4) is 0 Å². The molecule has 1 aromatic carbocycles. The van der Waals surface area contributed by atoms with Crippen molar-refractivity contribution in [2.24, 2.45) is 0 Å². The topological polar surface area (TPSA) is 76.7 Å². The van der Waals surface area contributed by atoms with Crippen LogP contribution in [0.4, 0.5) is 5.69 Å². The molecule has 0 spiro atoms. The summed E-state index contributed by atoms with van der Waals surface area (Å²) in [5, 5.41) is 7.61. The van der Waals surface area contributed by atoms with Gasteiger partial charge in [-0.3, -0.25) is 9.59 Å². The normalized spacial score (nSPS) is 11.5. The monoisotopic (exact) mass is 376 g/mol. The fourth-order valence-corrected chi connectivity index (χ4v) is 3.27. The van der Waals surface area contributed by atoms with E-state index in [1.807, 2.05) is 31.4 Å². The fourth-order valence-electron chi connectivity index (χ4n) is 2.49. The molecule has 0 fully saturated rings. The number of benzene rings is 1. The molecule has 1 atom stereocenters. The average molecular weight is 376 g/mol. The Morgan fingerprint density at radius 3 is 2.54 bits per heavy atom. The third kappa shape index (κ3) is 5.77. The molecular formula is C19H24N2O4S. The van der Waals surface area contributed by atoms with Gasteiger partial charge in [-0.15, -0.1) is 11.3 Å². The zero-order valence-electron chi connectivity index (χ0n) is 15.2. The van der Waals surface area contributed by atoms with Crippen molar-refractivity contribution in [1.82, 2.24) is 5.32 Å². The van der Waals surface area contributed by atoms with Gasteiger partial charge in [0.15, 0.2) is 0 Å². The summed E-state index contributed by atoms with van der Waals surface area (Å²) in [7, 11) is 0. The lowest BCUT2D eigenvalue weighted by atomic mass is 10.1. The zero-order chi connectivity index (χ0) is 18.9. The van der Waals surface area contributed by atoms with Crippen LogP contribution in [0, 0.1) is 0 Å². The third-order valence-corrected chi connectivity index (χ3v) is 4.48. The standard InChI is InChI=1S/C19H24N2O4S/c1-4-24-14-8-9-17(25-5-2)15(11-14)21-19(23)12-16(20-13(3)22)18-7-6-10-26-18/h6-11,16H,4-5,12H2,1-3H3,(H,20,22)(H,21,23). The summed E-state index contributed by atoms with van der Waals surface area (Å²) < 4.78 is 11.1. The van der Waals surface area contributed by atoms with Crippen molar-refractivity contribution in [1.29, 1.82) is 0 Å². The van der Waals surface area contributed by atoms with Gasteiger partial charge >= 0.3 is 0 Å². The summed E-state index contributed by atoms with van der Waals surface area (Å²) in [6, 6.07) is 8.75. The van der Waals surface area contributed by atoms with Gasteiger partial charge < -0.3 is 20.1 Å². The summed E-state index contributed by atoms with van der Waals surface area (Å²) in [6.07, 6.45) is 0.129. The van der Waals surface area contributed by atoms with Gasteiger partial charge in [-0.05, 0) is 37.4 Å². The number of hydrogen-bond acceptors (Lipinski definition) is 5. The molecule has 6 nitrogen and oxygen atoms in total. The van der Waals surface area contributed by atoms with Crippen LogP contribution in [0.15, 0.2) is 35.7 Å². The van der Waals surface area contributed by atoms with E-state index in [0.29, 0.717) is 30.4 Å². The lowest BCUT2D eigenvalue weighted by Crippen LogP contribution is -2.29. The fraction of sp³-hybridized carbons (Fsp3) is 0.368. The molecule has 1 aromatic heterocycles. The Hall–Kier alpha value is -2.54. The van der Waals surface area contributed by atoms with Crippen LogP contribution in [-0.2, 0) is 9.59 Å². The molecular weight excluding hydrogens is 352 g/mol. The molecule has 2 rings (SSSR count). The highest BCUT2D eigenvalue weighted by Crippen LogP contribution is 2.30. The molecule has 2 aromatic rings. The van der Waals surface area contributed by atoms with E-state index in [4.69, 9.17) is 9.47 Å². The van der Waals surface area contributed by atoms with Crippen LogP contribution in [0.1, 0.15) is 38.1 Å². The quantitative estimate of drug-likeness (QED) is 0.699. The third-order valence-electron chi connectivity index (χ3n) is 3.49. The largest absolute Gasteiger partial charge is 0.494 e. The molecule has 7 heteroatoms. The Morgan fingerprint density at radius 2 is 1.92 bits per heavy atom. The second-order valence-corrected chi connectivity index (χ2v) is 6.52. The number of ether oxygens (including phenoxy) is 2. The molecule has 0 aliphatic rings. The maximum atomic E-state index is 12.6. The number of nitrogens with one attached hydrogen (secondary N) is 2. The Bertz CT molecular complexity index is 731. The SMILES string of the molecule is CCOc1ccc(OCC)c(NC(=O)CC(NC(C)=O)c2cccs2)c1. The highest BCUT2D eigenvalue weighted by molar-refractivity contribution is 7.10. The smallest absolute Gasteiger partial charge is 0.226 e. The first-order valence-electron chi connectivity index (χ1n) is 8.53. The van der Waals surface area contributed by atoms with E-state index in [1.54, 1.807) is 18.2 Å². The van der Waals surface area contributed by atoms with E-state index in [1.165, 1.54) is 18.3 Å². The van der Waals surface area contributed by atoms with Gasteiger partial charge in [-0.1, -0.05) is 6.07 Å². The van der Waals surface area contributed by atoms with Gasteiger partial charge in [-0.25, -0.2) is 0 Å². The van der Waals surface area contributed by atoms with E-state index in [9.17, 15) is 9.59 Å². The van der Waals surface area contributed by atoms with Crippen LogP contribution in [0.5, 0.6) is 11.5 Å². The van der Waals surface area contributed by atoms with Gasteiger partial charge in [0.2, 0.25) is 11.8 Å². The highest BCUT2D eigenvalue weighted by Gasteiger charge is 2.19. The molecule has 1 unspecified atom stereocenters. The number of carbonyl (C=O) groups excluding carboxylic acids is 2. The molecule has 0 saturated heterocycles. The number of anilines is 1. The van der Waals surface area contributed by atoms with Gasteiger partial charge in [0.25, 0.3) is 0 Å². The predicted octanol–water partition coefficient (Wildman–Crippen LogP) is 3.75. The van der Waals surface area contributed by atoms with Crippen LogP contribution in [-0.4, -0.2) is 25.0 Å². The zero-order valence-corrected chi connectivity index (χ0v) is 16.0. The summed E-state index contributed by atoms with van der Waals surface area (Å²) in [4.78, 5) is 25.0. The molecule has 2 amide bonds. The molecule has 0 saturated carbocycles. The van der Waals surface area contributed by atoms with Crippen molar-refractivity contribution in [2.75, 3.05) is 18.5 Å². The molecule has 0 bridgehead atoms. The minimum Gasteiger partial charge on any atom is -0.494 e. The molecule has 0 aliphatic heterocycles. The average Bonchev–Trinajstić information content (AvgIpc) is 3.11. The molecule has 26 heavy (non-hydrogen) atoms. The van der Waals surface area contributed by atoms with Crippen molar-refractivity contribution in [3.8, 4) is 11.5 Å². The Balaban J connectivity index is 2.14. The van der Waals surface area contributed by atoms with E-state index in [-0.39, 0.29) is 24.3 Å². The number of carbonyl (C=O) groups is 2. The Morgan fingerprint density at radius 1 is 1.15 bits per heavy atom. The number of rotatable bonds is 9. The lowest BCUT2D eigenvalue weighted by Gasteiger charge is -2.18. The maximum absolute atomic E-state index is 12.6. The van der Waals surface area contributed by atoms with E-state index in [2.05, 4.69) is 10.6 Å². The molecule has 1 heterocycles. The number of thiophene rings is 1. The minimum absolute atomic E-state index is 0.129. The molecule has 2 N–H and O–H groups in total. The van der Waals surface area contributed by atoms with Crippen molar-refractivity contribution >= 4 is 28.8 Å². The van der Waals surface area contributed by atoms with E-state index in [0.717, 1.165) is 4.88 Å². The number of amides is 2. The molecule has 140 valence electrons. The highest BCUT2D eigenvalue weighted by atomic mass is 32.1. The summed E-state index contributed by atoms with van der Waals surface area (Å²) in [5.74, 6) is 0.843. The van der Waals surface area contributed by atoms with Gasteiger partial charge in [0.05, 0.1) is 31.4 Å². The van der Waals surface area contributed by atoms with Gasteiger partial charge in [0, 0.05) is 17.9 Å². The molecule has 0 radical (unpaired) electrons. The summed E-state index contributed by atoms with van der Waals surface area (Å²) >= 11 is 1.50. The van der Waals surface area contributed by atoms with E-state index >= 15 is 0 Å². The van der Waals surface area contributed by atoms with Gasteiger partial charge in [-0.2, -0.15) is 0 Å². The van der Waals surface area contributed by atoms with Crippen molar-refractivity contribution < 1.29 is 19.1 Å². The second-order valence-electron chi connectivity index (χ2n) is 5.54. The second kappa shape index (κ2) is 9.82. The maximum Gasteiger partial charge on any atom is 0.226 e. The lowest BCUT2D eigenvalue weighted by molar-refractivity contribution is -0.120. The van der Waals surface area contributed by atoms with Crippen molar-refractivity contribution in [3.05, 3.63) is 40.6 Å². The van der Waals surface area contributed by atoms with Crippen LogP contribution >= 0.6 is 11.3 Å². The first-order chi connectivity index (χ1) is 12.5. The Kier molecular flexibility index (Phi) is 7.47.